The van der Waals surface area contributed by atoms with E-state index in [0.717, 1.165) is 19.1 Å². The highest BCUT2D eigenvalue weighted by Crippen LogP contribution is 2.24. The lowest BCUT2D eigenvalue weighted by atomic mass is 9.89. The number of hydrogen-bond donors (Lipinski definition) is 0. The second kappa shape index (κ2) is 12.2. The fourth-order valence-corrected chi connectivity index (χ4v) is 2.20. The Balaban J connectivity index is 0.000000467. The summed E-state index contributed by atoms with van der Waals surface area (Å²) in [5, 5.41) is 4.33. The van der Waals surface area contributed by atoms with E-state index >= 15 is 0 Å². The smallest absolute Gasteiger partial charge is 0.0518 e. The molecule has 0 atom stereocenters. The predicted molar refractivity (Wildman–Crippen MR) is 82.4 cm³/mol. The molecule has 1 fully saturated rings. The van der Waals surface area contributed by atoms with Gasteiger partial charge < -0.3 is 4.74 Å². The summed E-state index contributed by atoms with van der Waals surface area (Å²) in [5.41, 5.74) is 1.27. The third-order valence-electron chi connectivity index (χ3n) is 3.22. The molecule has 0 bridgehead atoms. The molecule has 0 amide bonds. The summed E-state index contributed by atoms with van der Waals surface area (Å²) in [6, 6.07) is 0. The molecule has 0 unspecified atom stereocenters. The lowest BCUT2D eigenvalue weighted by Gasteiger charge is -2.21. The van der Waals surface area contributed by atoms with Crippen LogP contribution in [-0.2, 0) is 11.3 Å². The monoisotopic (exact) mass is 268 g/mol. The van der Waals surface area contributed by atoms with Crippen LogP contribution in [0.4, 0.5) is 0 Å². The Kier molecular flexibility index (Phi) is 11.7. The minimum atomic E-state index is 0.819. The first-order valence-corrected chi connectivity index (χ1v) is 7.74. The van der Waals surface area contributed by atoms with Crippen LogP contribution in [-0.4, -0.2) is 23.5 Å². The Morgan fingerprint density at radius 3 is 2.26 bits per heavy atom. The van der Waals surface area contributed by atoms with Gasteiger partial charge in [-0.25, -0.2) is 0 Å². The lowest BCUT2D eigenvalue weighted by Crippen LogP contribution is -2.14. The molecule has 0 radical (unpaired) electrons. The summed E-state index contributed by atoms with van der Waals surface area (Å²) in [5.74, 6) is 0.882. The normalized spacial score (nSPS) is 15.0. The second-order valence-electron chi connectivity index (χ2n) is 4.82. The van der Waals surface area contributed by atoms with Crippen molar-refractivity contribution in [3.05, 3.63) is 18.0 Å². The largest absolute Gasteiger partial charge is 0.385 e. The van der Waals surface area contributed by atoms with Crippen molar-refractivity contribution >= 4 is 0 Å². The topological polar surface area (TPSA) is 27.1 Å². The highest BCUT2D eigenvalue weighted by molar-refractivity contribution is 4.99. The van der Waals surface area contributed by atoms with Crippen molar-refractivity contribution in [1.82, 2.24) is 9.78 Å². The van der Waals surface area contributed by atoms with E-state index in [2.05, 4.69) is 27.6 Å². The van der Waals surface area contributed by atoms with E-state index in [-0.39, 0.29) is 0 Å². The van der Waals surface area contributed by atoms with E-state index < -0.39 is 0 Å². The molecule has 1 aromatic heterocycles. The number of nitrogens with zero attached hydrogens (tertiary/aromatic N) is 2. The van der Waals surface area contributed by atoms with Crippen LogP contribution in [0.25, 0.3) is 0 Å². The average molecular weight is 268 g/mol. The number of aromatic nitrogens is 2. The predicted octanol–water partition coefficient (Wildman–Crippen LogP) is 4.45. The van der Waals surface area contributed by atoms with Crippen LogP contribution in [0, 0.1) is 12.8 Å². The third kappa shape index (κ3) is 8.82. The van der Waals surface area contributed by atoms with Gasteiger partial charge in [0.25, 0.3) is 0 Å². The van der Waals surface area contributed by atoms with E-state index in [4.69, 9.17) is 0 Å². The van der Waals surface area contributed by atoms with Crippen LogP contribution >= 0.6 is 0 Å². The SMILES string of the molecule is CC.CCOC.Cc1cnn(CC2CCCCC2)c1. The zero-order valence-electron chi connectivity index (χ0n) is 13.5. The van der Waals surface area contributed by atoms with Crippen molar-refractivity contribution in [2.75, 3.05) is 13.7 Å². The van der Waals surface area contributed by atoms with Crippen molar-refractivity contribution in [1.29, 1.82) is 0 Å². The average Bonchev–Trinajstić information content (AvgIpc) is 2.88. The van der Waals surface area contributed by atoms with E-state index in [1.165, 1.54) is 37.7 Å². The van der Waals surface area contributed by atoms with E-state index in [1.54, 1.807) is 7.11 Å². The fourth-order valence-electron chi connectivity index (χ4n) is 2.20. The van der Waals surface area contributed by atoms with Gasteiger partial charge in [0, 0.05) is 26.5 Å². The number of rotatable bonds is 3. The molecular weight excluding hydrogens is 236 g/mol. The summed E-state index contributed by atoms with van der Waals surface area (Å²) in [6.45, 7) is 10.0. The van der Waals surface area contributed by atoms with Crippen molar-refractivity contribution in [2.24, 2.45) is 5.92 Å². The lowest BCUT2D eigenvalue weighted by molar-refractivity contribution is 0.215. The van der Waals surface area contributed by atoms with Gasteiger partial charge in [0.1, 0.15) is 0 Å². The van der Waals surface area contributed by atoms with Crippen molar-refractivity contribution in [3.63, 3.8) is 0 Å². The molecule has 0 aliphatic heterocycles. The molecule has 1 saturated carbocycles. The van der Waals surface area contributed by atoms with Gasteiger partial charge in [0.05, 0.1) is 6.20 Å². The molecule has 1 aromatic rings. The first kappa shape index (κ1) is 18.2. The van der Waals surface area contributed by atoms with Gasteiger partial charge in [-0.05, 0) is 38.2 Å². The number of methoxy groups -OCH3 is 1. The van der Waals surface area contributed by atoms with Crippen LogP contribution in [0.2, 0.25) is 0 Å². The maximum atomic E-state index is 4.54. The maximum Gasteiger partial charge on any atom is 0.0518 e. The van der Waals surface area contributed by atoms with Crippen molar-refractivity contribution < 1.29 is 4.74 Å². The Bertz CT molecular complexity index is 289. The molecule has 2 rings (SSSR count). The second-order valence-corrected chi connectivity index (χ2v) is 4.82. The molecular formula is C16H32N2O. The van der Waals surface area contributed by atoms with Crippen LogP contribution < -0.4 is 0 Å². The highest BCUT2D eigenvalue weighted by atomic mass is 16.5. The van der Waals surface area contributed by atoms with Crippen LogP contribution in [0.1, 0.15) is 58.4 Å². The van der Waals surface area contributed by atoms with Crippen molar-refractivity contribution in [3.8, 4) is 0 Å². The molecule has 0 saturated heterocycles. The van der Waals surface area contributed by atoms with Gasteiger partial charge >= 0.3 is 0 Å². The minimum Gasteiger partial charge on any atom is -0.385 e. The Morgan fingerprint density at radius 2 is 1.84 bits per heavy atom. The minimum absolute atomic E-state index is 0.819. The Morgan fingerprint density at radius 1 is 1.26 bits per heavy atom. The van der Waals surface area contributed by atoms with Crippen molar-refractivity contribution in [2.45, 2.75) is 66.3 Å². The summed E-state index contributed by atoms with van der Waals surface area (Å²) in [4.78, 5) is 0. The molecule has 0 aromatic carbocycles. The molecule has 3 nitrogen and oxygen atoms in total. The standard InChI is InChI=1S/C11H18N2.C3H8O.C2H6/c1-10-7-12-13(8-10)9-11-5-3-2-4-6-11;1-3-4-2;1-2/h7-8,11H,2-6,9H2,1H3;3H2,1-2H3;1-2H3. The molecule has 19 heavy (non-hydrogen) atoms. The summed E-state index contributed by atoms with van der Waals surface area (Å²) < 4.78 is 6.64. The summed E-state index contributed by atoms with van der Waals surface area (Å²) >= 11 is 0. The maximum absolute atomic E-state index is 4.54. The van der Waals surface area contributed by atoms with Gasteiger partial charge in [-0.1, -0.05) is 33.1 Å². The van der Waals surface area contributed by atoms with Gasteiger partial charge in [-0.2, -0.15) is 5.10 Å². The number of ether oxygens (including phenoxy) is 1. The number of hydrogen-bond acceptors (Lipinski definition) is 2. The fraction of sp³-hybridized carbons (Fsp3) is 0.812. The molecule has 112 valence electrons. The Hall–Kier alpha value is -0.830. The molecule has 1 aliphatic carbocycles. The molecule has 0 N–H and O–H groups in total. The molecule has 1 aliphatic rings. The van der Waals surface area contributed by atoms with E-state index in [9.17, 15) is 0 Å². The Labute approximate surface area is 119 Å². The van der Waals surface area contributed by atoms with Crippen LogP contribution in [0.15, 0.2) is 12.4 Å². The van der Waals surface area contributed by atoms with E-state index in [1.807, 2.05) is 27.0 Å². The van der Waals surface area contributed by atoms with Gasteiger partial charge in [0.2, 0.25) is 0 Å². The molecule has 3 heteroatoms. The quantitative estimate of drug-likeness (QED) is 0.809. The van der Waals surface area contributed by atoms with Gasteiger partial charge in [-0.15, -0.1) is 0 Å². The summed E-state index contributed by atoms with van der Waals surface area (Å²) in [7, 11) is 1.68. The highest BCUT2D eigenvalue weighted by Gasteiger charge is 2.13. The first-order chi connectivity index (χ1) is 9.26. The van der Waals surface area contributed by atoms with E-state index in [0.29, 0.717) is 0 Å². The van der Waals surface area contributed by atoms with Gasteiger partial charge in [-0.3, -0.25) is 4.68 Å². The first-order valence-electron chi connectivity index (χ1n) is 7.74. The van der Waals surface area contributed by atoms with Crippen LogP contribution in [0.3, 0.4) is 0 Å². The molecule has 1 heterocycles. The van der Waals surface area contributed by atoms with Gasteiger partial charge in [0.15, 0.2) is 0 Å². The molecule has 0 spiro atoms. The van der Waals surface area contributed by atoms with Crippen LogP contribution in [0.5, 0.6) is 0 Å². The third-order valence-corrected chi connectivity index (χ3v) is 3.22. The number of aryl methyl sites for hydroxylation is 1. The zero-order valence-corrected chi connectivity index (χ0v) is 13.5. The summed E-state index contributed by atoms with van der Waals surface area (Å²) in [6.07, 6.45) is 11.2. The zero-order chi connectivity index (χ0) is 14.5.